The first-order valence-corrected chi connectivity index (χ1v) is 8.76. The fourth-order valence-electron chi connectivity index (χ4n) is 2.20. The van der Waals surface area contributed by atoms with Crippen molar-refractivity contribution in [3.05, 3.63) is 57.6 Å². The molecule has 0 aliphatic heterocycles. The molecule has 0 radical (unpaired) electrons. The third-order valence-electron chi connectivity index (χ3n) is 3.56. The zero-order valence-electron chi connectivity index (χ0n) is 13.9. The number of aryl methyl sites for hydroxylation is 1. The molecular weight excluding hydrogens is 345 g/mol. The van der Waals surface area contributed by atoms with E-state index in [2.05, 4.69) is 12.2 Å². The molecule has 0 atom stereocenters. The molecule has 24 heavy (non-hydrogen) atoms. The van der Waals surface area contributed by atoms with Gasteiger partial charge in [0.25, 0.3) is 5.91 Å². The molecule has 3 nitrogen and oxygen atoms in total. The van der Waals surface area contributed by atoms with Crippen molar-refractivity contribution in [3.8, 4) is 5.75 Å². The van der Waals surface area contributed by atoms with Gasteiger partial charge in [-0.15, -0.1) is 0 Å². The van der Waals surface area contributed by atoms with Gasteiger partial charge in [-0.1, -0.05) is 60.7 Å². The van der Waals surface area contributed by atoms with Gasteiger partial charge in [-0.3, -0.25) is 4.79 Å². The number of unbranched alkanes of at least 4 members (excludes halogenated alkanes) is 2. The van der Waals surface area contributed by atoms with E-state index in [1.165, 1.54) is 0 Å². The smallest absolute Gasteiger partial charge is 0.255 e. The average molecular weight is 366 g/mol. The number of anilines is 1. The third-order valence-corrected chi connectivity index (χ3v) is 4.13. The maximum Gasteiger partial charge on any atom is 0.255 e. The Hall–Kier alpha value is -1.71. The molecule has 0 spiro atoms. The summed E-state index contributed by atoms with van der Waals surface area (Å²) in [6, 6.07) is 10.7. The molecule has 2 aromatic carbocycles. The first-order chi connectivity index (χ1) is 11.5. The minimum atomic E-state index is -0.264. The number of amides is 1. The molecule has 0 heterocycles. The van der Waals surface area contributed by atoms with Crippen LogP contribution >= 0.6 is 23.2 Å². The summed E-state index contributed by atoms with van der Waals surface area (Å²) >= 11 is 12.5. The first kappa shape index (κ1) is 18.6. The third kappa shape index (κ3) is 5.15. The highest BCUT2D eigenvalue weighted by Crippen LogP contribution is 2.34. The van der Waals surface area contributed by atoms with Crippen molar-refractivity contribution in [3.63, 3.8) is 0 Å². The standard InChI is InChI=1S/C19H21Cl2NO2/c1-3-4-5-10-24-18-16(20)11-14(12-17(18)21)19(23)22-15-8-6-13(2)7-9-15/h6-9,11-12H,3-5,10H2,1-2H3,(H,22,23). The second-order valence-corrected chi connectivity index (χ2v) is 6.46. The Morgan fingerprint density at radius 3 is 2.29 bits per heavy atom. The normalized spacial score (nSPS) is 10.5. The zero-order chi connectivity index (χ0) is 17.5. The van der Waals surface area contributed by atoms with Gasteiger partial charge in [0, 0.05) is 11.3 Å². The quantitative estimate of drug-likeness (QED) is 0.599. The summed E-state index contributed by atoms with van der Waals surface area (Å²) in [7, 11) is 0. The predicted octanol–water partition coefficient (Wildman–Crippen LogP) is 6.12. The summed E-state index contributed by atoms with van der Waals surface area (Å²) in [6.45, 7) is 4.67. The average Bonchev–Trinajstić information content (AvgIpc) is 2.55. The highest BCUT2D eigenvalue weighted by Gasteiger charge is 2.14. The lowest BCUT2D eigenvalue weighted by Crippen LogP contribution is -2.12. The van der Waals surface area contributed by atoms with E-state index in [1.807, 2.05) is 31.2 Å². The number of hydrogen-bond donors (Lipinski definition) is 1. The van der Waals surface area contributed by atoms with Gasteiger partial charge in [-0.05, 0) is 37.6 Å². The van der Waals surface area contributed by atoms with Gasteiger partial charge in [-0.2, -0.15) is 0 Å². The number of nitrogens with one attached hydrogen (secondary N) is 1. The molecule has 1 amide bonds. The van der Waals surface area contributed by atoms with Crippen molar-refractivity contribution >= 4 is 34.8 Å². The van der Waals surface area contributed by atoms with Gasteiger partial charge in [-0.25, -0.2) is 0 Å². The molecule has 0 saturated heterocycles. The van der Waals surface area contributed by atoms with E-state index in [4.69, 9.17) is 27.9 Å². The summed E-state index contributed by atoms with van der Waals surface area (Å²) in [5, 5.41) is 3.50. The Bertz CT molecular complexity index is 676. The first-order valence-electron chi connectivity index (χ1n) is 8.01. The molecule has 0 bridgehead atoms. The summed E-state index contributed by atoms with van der Waals surface area (Å²) in [4.78, 5) is 12.3. The number of halogens is 2. The fourth-order valence-corrected chi connectivity index (χ4v) is 2.79. The Morgan fingerprint density at radius 2 is 1.71 bits per heavy atom. The van der Waals surface area contributed by atoms with Gasteiger partial charge in [0.2, 0.25) is 0 Å². The number of ether oxygens (including phenoxy) is 1. The van der Waals surface area contributed by atoms with Crippen LogP contribution in [0.2, 0.25) is 10.0 Å². The second kappa shape index (κ2) is 8.95. The lowest BCUT2D eigenvalue weighted by atomic mass is 10.2. The van der Waals surface area contributed by atoms with Crippen LogP contribution in [0.15, 0.2) is 36.4 Å². The predicted molar refractivity (Wildman–Crippen MR) is 101 cm³/mol. The molecule has 0 saturated carbocycles. The summed E-state index contributed by atoms with van der Waals surface area (Å²) < 4.78 is 5.64. The van der Waals surface area contributed by atoms with E-state index in [-0.39, 0.29) is 5.91 Å². The molecule has 0 unspecified atom stereocenters. The van der Waals surface area contributed by atoms with Crippen LogP contribution in [0.25, 0.3) is 0 Å². The van der Waals surface area contributed by atoms with Crippen molar-refractivity contribution < 1.29 is 9.53 Å². The number of rotatable bonds is 7. The Balaban J connectivity index is 2.07. The topological polar surface area (TPSA) is 38.3 Å². The molecule has 0 aliphatic carbocycles. The Labute approximate surface area is 152 Å². The summed E-state index contributed by atoms with van der Waals surface area (Å²) in [5.74, 6) is 0.168. The highest BCUT2D eigenvalue weighted by molar-refractivity contribution is 6.37. The monoisotopic (exact) mass is 365 g/mol. The van der Waals surface area contributed by atoms with E-state index < -0.39 is 0 Å². The molecular formula is C19H21Cl2NO2. The van der Waals surface area contributed by atoms with Crippen molar-refractivity contribution in [2.24, 2.45) is 0 Å². The van der Waals surface area contributed by atoms with Crippen LogP contribution in [0.1, 0.15) is 42.1 Å². The largest absolute Gasteiger partial charge is 0.490 e. The lowest BCUT2D eigenvalue weighted by Gasteiger charge is -2.12. The molecule has 0 aromatic heterocycles. The van der Waals surface area contributed by atoms with E-state index >= 15 is 0 Å². The van der Waals surface area contributed by atoms with Gasteiger partial charge in [0.15, 0.2) is 5.75 Å². The number of hydrogen-bond acceptors (Lipinski definition) is 2. The maximum atomic E-state index is 12.3. The molecule has 0 aliphatic rings. The Morgan fingerprint density at radius 1 is 1.08 bits per heavy atom. The van der Waals surface area contributed by atoms with Crippen molar-refractivity contribution in [1.82, 2.24) is 0 Å². The molecule has 128 valence electrons. The maximum absolute atomic E-state index is 12.3. The molecule has 2 rings (SSSR count). The van der Waals surface area contributed by atoms with Crippen molar-refractivity contribution in [2.75, 3.05) is 11.9 Å². The van der Waals surface area contributed by atoms with Crippen molar-refractivity contribution in [1.29, 1.82) is 0 Å². The molecule has 1 N–H and O–H groups in total. The minimum Gasteiger partial charge on any atom is -0.490 e. The summed E-state index contributed by atoms with van der Waals surface area (Å²) in [6.07, 6.45) is 3.15. The van der Waals surface area contributed by atoms with Gasteiger partial charge in [0.05, 0.1) is 16.7 Å². The number of benzene rings is 2. The van der Waals surface area contributed by atoms with Gasteiger partial charge >= 0.3 is 0 Å². The molecule has 5 heteroatoms. The van der Waals surface area contributed by atoms with Crippen LogP contribution in [-0.4, -0.2) is 12.5 Å². The number of carbonyl (C=O) groups is 1. The van der Waals surface area contributed by atoms with Crippen LogP contribution in [-0.2, 0) is 0 Å². The van der Waals surface area contributed by atoms with Crippen LogP contribution in [0.5, 0.6) is 5.75 Å². The molecule has 0 fully saturated rings. The van der Waals surface area contributed by atoms with Crippen LogP contribution in [0.3, 0.4) is 0 Å². The van der Waals surface area contributed by atoms with E-state index in [1.54, 1.807) is 12.1 Å². The van der Waals surface area contributed by atoms with E-state index in [9.17, 15) is 4.79 Å². The SMILES string of the molecule is CCCCCOc1c(Cl)cc(C(=O)Nc2ccc(C)cc2)cc1Cl. The van der Waals surface area contributed by atoms with Crippen LogP contribution < -0.4 is 10.1 Å². The minimum absolute atomic E-state index is 0.264. The lowest BCUT2D eigenvalue weighted by molar-refractivity contribution is 0.102. The summed E-state index contributed by atoms with van der Waals surface area (Å²) in [5.41, 5.74) is 2.24. The second-order valence-electron chi connectivity index (χ2n) is 5.64. The van der Waals surface area contributed by atoms with Crippen LogP contribution in [0, 0.1) is 6.92 Å². The van der Waals surface area contributed by atoms with Gasteiger partial charge in [0.1, 0.15) is 0 Å². The Kier molecular flexibility index (Phi) is 6.95. The highest BCUT2D eigenvalue weighted by atomic mass is 35.5. The zero-order valence-corrected chi connectivity index (χ0v) is 15.4. The van der Waals surface area contributed by atoms with Gasteiger partial charge < -0.3 is 10.1 Å². The number of carbonyl (C=O) groups excluding carboxylic acids is 1. The molecule has 2 aromatic rings. The van der Waals surface area contributed by atoms with E-state index in [0.29, 0.717) is 28.0 Å². The van der Waals surface area contributed by atoms with Crippen LogP contribution in [0.4, 0.5) is 5.69 Å². The van der Waals surface area contributed by atoms with Crippen molar-refractivity contribution in [2.45, 2.75) is 33.1 Å². The fraction of sp³-hybridized carbons (Fsp3) is 0.316. The van der Waals surface area contributed by atoms with E-state index in [0.717, 1.165) is 30.5 Å².